The van der Waals surface area contributed by atoms with Gasteiger partial charge in [-0.1, -0.05) is 36.4 Å². The highest BCUT2D eigenvalue weighted by molar-refractivity contribution is 5.49. The molecule has 2 N–H and O–H groups in total. The minimum Gasteiger partial charge on any atom is -0.399 e. The molecule has 2 aromatic rings. The van der Waals surface area contributed by atoms with Crippen molar-refractivity contribution in [1.29, 1.82) is 0 Å². The summed E-state index contributed by atoms with van der Waals surface area (Å²) in [7, 11) is 0. The number of halogens is 1. The summed E-state index contributed by atoms with van der Waals surface area (Å²) in [6.45, 7) is 0. The molecule has 2 fully saturated rings. The van der Waals surface area contributed by atoms with Gasteiger partial charge in [-0.05, 0) is 60.8 Å². The zero-order valence-corrected chi connectivity index (χ0v) is 12.1. The highest BCUT2D eigenvalue weighted by Crippen LogP contribution is 2.62. The highest BCUT2D eigenvalue weighted by Gasteiger charge is 2.56. The predicted molar refractivity (Wildman–Crippen MR) is 83.5 cm³/mol. The lowest BCUT2D eigenvalue weighted by atomic mass is 9.66. The summed E-state index contributed by atoms with van der Waals surface area (Å²) in [6.07, 6.45) is 4.85. The van der Waals surface area contributed by atoms with Crippen LogP contribution in [-0.2, 0) is 5.41 Å². The molecule has 0 amide bonds. The molecular weight excluding hydrogens is 261 g/mol. The lowest BCUT2D eigenvalue weighted by molar-refractivity contribution is 0.372. The smallest absolute Gasteiger partial charge is 0.129 e. The van der Waals surface area contributed by atoms with Crippen molar-refractivity contribution in [2.75, 3.05) is 5.73 Å². The molecule has 2 aliphatic rings. The Labute approximate surface area is 125 Å². The molecule has 0 unspecified atom stereocenters. The van der Waals surface area contributed by atoms with Crippen molar-refractivity contribution in [3.63, 3.8) is 0 Å². The van der Waals surface area contributed by atoms with Gasteiger partial charge >= 0.3 is 0 Å². The number of nitrogens with two attached hydrogens (primary N) is 1. The molecule has 0 saturated heterocycles. The van der Waals surface area contributed by atoms with Crippen LogP contribution >= 0.6 is 0 Å². The number of nitrogen functional groups attached to an aromatic ring is 1. The molecule has 0 heterocycles. The zero-order valence-electron chi connectivity index (χ0n) is 12.1. The quantitative estimate of drug-likeness (QED) is 0.805. The number of benzene rings is 2. The fourth-order valence-electron chi connectivity index (χ4n) is 4.98. The van der Waals surface area contributed by atoms with Gasteiger partial charge in [0.1, 0.15) is 5.82 Å². The Kier molecular flexibility index (Phi) is 2.81. The topological polar surface area (TPSA) is 26.0 Å². The van der Waals surface area contributed by atoms with Crippen LogP contribution in [0.5, 0.6) is 0 Å². The fraction of sp³-hybridized carbons (Fsp3) is 0.368. The largest absolute Gasteiger partial charge is 0.399 e. The third-order valence-corrected chi connectivity index (χ3v) is 5.71. The summed E-state index contributed by atoms with van der Waals surface area (Å²) >= 11 is 0. The Bertz CT molecular complexity index is 645. The van der Waals surface area contributed by atoms with Gasteiger partial charge in [0.25, 0.3) is 0 Å². The number of hydrogen-bond donors (Lipinski definition) is 1. The first-order valence-electron chi connectivity index (χ1n) is 7.84. The second kappa shape index (κ2) is 4.59. The van der Waals surface area contributed by atoms with E-state index in [1.165, 1.54) is 37.3 Å². The van der Waals surface area contributed by atoms with Crippen molar-refractivity contribution in [3.05, 3.63) is 65.5 Å². The monoisotopic (exact) mass is 281 g/mol. The van der Waals surface area contributed by atoms with Gasteiger partial charge in [0.15, 0.2) is 0 Å². The number of fused-ring (bicyclic) bond motifs is 2. The van der Waals surface area contributed by atoms with Crippen molar-refractivity contribution < 1.29 is 4.39 Å². The van der Waals surface area contributed by atoms with Crippen molar-refractivity contribution >= 4 is 5.69 Å². The van der Waals surface area contributed by atoms with Gasteiger partial charge in [-0.2, -0.15) is 0 Å². The van der Waals surface area contributed by atoms with Gasteiger partial charge in [-0.15, -0.1) is 0 Å². The van der Waals surface area contributed by atoms with E-state index in [0.717, 1.165) is 5.56 Å². The molecule has 0 aliphatic heterocycles. The SMILES string of the molecule is Nc1ccc(C2(c3ccccc3)C3CCC2CC3)c(F)c1. The van der Waals surface area contributed by atoms with Gasteiger partial charge < -0.3 is 5.73 Å². The lowest BCUT2D eigenvalue weighted by Crippen LogP contribution is -2.34. The van der Waals surface area contributed by atoms with Crippen LogP contribution in [0.1, 0.15) is 36.8 Å². The van der Waals surface area contributed by atoms with Crippen LogP contribution in [-0.4, -0.2) is 0 Å². The number of rotatable bonds is 2. The second-order valence-electron chi connectivity index (χ2n) is 6.52. The normalized spacial score (nSPS) is 30.7. The first kappa shape index (κ1) is 12.9. The third kappa shape index (κ3) is 1.68. The van der Waals surface area contributed by atoms with Gasteiger partial charge in [0.05, 0.1) is 0 Å². The maximum absolute atomic E-state index is 14.7. The van der Waals surface area contributed by atoms with E-state index in [9.17, 15) is 4.39 Å². The minimum atomic E-state index is -0.141. The molecule has 0 atom stereocenters. The maximum Gasteiger partial charge on any atom is 0.129 e. The molecule has 2 aromatic carbocycles. The van der Waals surface area contributed by atoms with Gasteiger partial charge in [-0.3, -0.25) is 0 Å². The molecule has 2 heteroatoms. The Morgan fingerprint density at radius 2 is 1.52 bits per heavy atom. The molecule has 2 saturated carbocycles. The first-order chi connectivity index (χ1) is 10.2. The lowest BCUT2D eigenvalue weighted by Gasteiger charge is -2.36. The van der Waals surface area contributed by atoms with Crippen molar-refractivity contribution in [3.8, 4) is 0 Å². The van der Waals surface area contributed by atoms with E-state index in [1.807, 2.05) is 18.2 Å². The second-order valence-corrected chi connectivity index (χ2v) is 6.52. The molecule has 21 heavy (non-hydrogen) atoms. The highest BCUT2D eigenvalue weighted by atomic mass is 19.1. The van der Waals surface area contributed by atoms with Crippen LogP contribution in [0.15, 0.2) is 48.5 Å². The van der Waals surface area contributed by atoms with Gasteiger partial charge in [0.2, 0.25) is 0 Å². The number of anilines is 1. The molecule has 4 rings (SSSR count). The van der Waals surface area contributed by atoms with E-state index < -0.39 is 0 Å². The molecule has 1 nitrogen and oxygen atoms in total. The predicted octanol–water partition coefficient (Wildman–Crippen LogP) is 4.51. The Balaban J connectivity index is 1.97. The fourth-order valence-corrected chi connectivity index (χ4v) is 4.98. The van der Waals surface area contributed by atoms with Crippen molar-refractivity contribution in [2.45, 2.75) is 31.1 Å². The molecule has 108 valence electrons. The van der Waals surface area contributed by atoms with E-state index in [1.54, 1.807) is 0 Å². The Morgan fingerprint density at radius 3 is 2.10 bits per heavy atom. The molecule has 0 spiro atoms. The zero-order chi connectivity index (χ0) is 14.4. The molecular formula is C19H20FN. The molecule has 0 radical (unpaired) electrons. The van der Waals surface area contributed by atoms with E-state index in [2.05, 4.69) is 24.3 Å². The van der Waals surface area contributed by atoms with Crippen LogP contribution in [0.3, 0.4) is 0 Å². The van der Waals surface area contributed by atoms with Crippen LogP contribution < -0.4 is 5.73 Å². The molecule has 2 aliphatic carbocycles. The average Bonchev–Trinajstić information content (AvgIpc) is 3.04. The first-order valence-corrected chi connectivity index (χ1v) is 7.84. The summed E-state index contributed by atoms with van der Waals surface area (Å²) in [5.74, 6) is 0.976. The van der Waals surface area contributed by atoms with Crippen molar-refractivity contribution in [1.82, 2.24) is 0 Å². The summed E-state index contributed by atoms with van der Waals surface area (Å²) in [4.78, 5) is 0. The Morgan fingerprint density at radius 1 is 0.905 bits per heavy atom. The van der Waals surface area contributed by atoms with Crippen LogP contribution in [0.4, 0.5) is 10.1 Å². The average molecular weight is 281 g/mol. The summed E-state index contributed by atoms with van der Waals surface area (Å²) in [5, 5.41) is 0. The maximum atomic E-state index is 14.7. The summed E-state index contributed by atoms with van der Waals surface area (Å²) in [5.41, 5.74) is 8.25. The van der Waals surface area contributed by atoms with Gasteiger partial charge in [-0.25, -0.2) is 4.39 Å². The van der Waals surface area contributed by atoms with Crippen LogP contribution in [0.25, 0.3) is 0 Å². The van der Waals surface area contributed by atoms with E-state index in [4.69, 9.17) is 5.73 Å². The van der Waals surface area contributed by atoms with Crippen LogP contribution in [0, 0.1) is 17.7 Å². The van der Waals surface area contributed by atoms with Gasteiger partial charge in [0, 0.05) is 11.1 Å². The minimum absolute atomic E-state index is 0.140. The molecule has 2 bridgehead atoms. The van der Waals surface area contributed by atoms with E-state index >= 15 is 0 Å². The van der Waals surface area contributed by atoms with Crippen LogP contribution in [0.2, 0.25) is 0 Å². The third-order valence-electron chi connectivity index (χ3n) is 5.71. The van der Waals surface area contributed by atoms with E-state index in [0.29, 0.717) is 17.5 Å². The van der Waals surface area contributed by atoms with Crippen molar-refractivity contribution in [2.24, 2.45) is 11.8 Å². The van der Waals surface area contributed by atoms with E-state index in [-0.39, 0.29) is 11.2 Å². The summed E-state index contributed by atoms with van der Waals surface area (Å²) < 4.78 is 14.7. The number of hydrogen-bond acceptors (Lipinski definition) is 1. The summed E-state index contributed by atoms with van der Waals surface area (Å²) in [6, 6.07) is 15.8. The standard InChI is InChI=1S/C19H20FN/c20-18-12-16(21)10-11-17(18)19(13-4-2-1-3-5-13)14-6-7-15(19)9-8-14/h1-5,10-12,14-15H,6-9,21H2. The molecule has 0 aromatic heterocycles. The Hall–Kier alpha value is -1.83.